The number of aryl methyl sites for hydroxylation is 1. The molecular weight excluding hydrogens is 282 g/mol. The highest BCUT2D eigenvalue weighted by Gasteiger charge is 2.17. The van der Waals surface area contributed by atoms with Crippen LogP contribution in [0.15, 0.2) is 27.8 Å². The first kappa shape index (κ1) is 13.2. The third kappa shape index (κ3) is 1.95. The molecule has 0 bridgehead atoms. The van der Waals surface area contributed by atoms with E-state index in [1.807, 2.05) is 0 Å². The Morgan fingerprint density at radius 3 is 2.71 bits per heavy atom. The van der Waals surface area contributed by atoms with Gasteiger partial charge in [-0.05, 0) is 19.1 Å². The molecule has 8 heteroatoms. The number of hydrogen-bond donors (Lipinski definition) is 2. The van der Waals surface area contributed by atoms with Gasteiger partial charge in [0.05, 0.1) is 5.56 Å². The van der Waals surface area contributed by atoms with Crippen molar-refractivity contribution in [1.82, 2.24) is 19.5 Å². The zero-order valence-corrected chi connectivity index (χ0v) is 10.9. The Bertz CT molecular complexity index is 955. The van der Waals surface area contributed by atoms with Gasteiger partial charge in [-0.25, -0.2) is 18.6 Å². The van der Waals surface area contributed by atoms with Crippen molar-refractivity contribution >= 4 is 11.2 Å². The summed E-state index contributed by atoms with van der Waals surface area (Å²) >= 11 is 0. The van der Waals surface area contributed by atoms with Crippen molar-refractivity contribution in [3.63, 3.8) is 0 Å². The van der Waals surface area contributed by atoms with E-state index >= 15 is 0 Å². The van der Waals surface area contributed by atoms with E-state index in [0.29, 0.717) is 0 Å². The van der Waals surface area contributed by atoms with Gasteiger partial charge in [0.1, 0.15) is 11.3 Å². The summed E-state index contributed by atoms with van der Waals surface area (Å²) in [7, 11) is 0. The molecule has 0 saturated heterocycles. The number of nitrogens with zero attached hydrogens (tertiary/aromatic N) is 2. The minimum atomic E-state index is -1.07. The van der Waals surface area contributed by atoms with Crippen molar-refractivity contribution in [2.24, 2.45) is 0 Å². The molecule has 0 amide bonds. The van der Waals surface area contributed by atoms with E-state index in [1.165, 1.54) is 16.7 Å². The fraction of sp³-hybridized carbons (Fsp3) is 0.154. The summed E-state index contributed by atoms with van der Waals surface area (Å²) in [5.41, 5.74) is -1.23. The lowest BCUT2D eigenvalue weighted by atomic mass is 10.2. The van der Waals surface area contributed by atoms with Gasteiger partial charge in [-0.15, -0.1) is 0 Å². The maximum Gasteiger partial charge on any atom is 0.330 e. The van der Waals surface area contributed by atoms with Crippen molar-refractivity contribution in [2.45, 2.75) is 13.5 Å². The van der Waals surface area contributed by atoms with Gasteiger partial charge >= 0.3 is 5.69 Å². The van der Waals surface area contributed by atoms with Crippen molar-refractivity contribution in [3.8, 4) is 11.4 Å². The molecule has 0 saturated carbocycles. The zero-order valence-electron chi connectivity index (χ0n) is 10.9. The van der Waals surface area contributed by atoms with Crippen LogP contribution in [0.1, 0.15) is 6.92 Å². The van der Waals surface area contributed by atoms with Crippen LogP contribution in [0, 0.1) is 11.6 Å². The molecule has 6 nitrogen and oxygen atoms in total. The minimum absolute atomic E-state index is 0.0136. The van der Waals surface area contributed by atoms with Gasteiger partial charge in [0.25, 0.3) is 5.56 Å². The SMILES string of the molecule is CCn1c(=O)[nH]c(=O)c2[nH]c(-c3cccc(F)c3F)nc21. The van der Waals surface area contributed by atoms with E-state index < -0.39 is 22.9 Å². The first-order chi connectivity index (χ1) is 10.0. The zero-order chi connectivity index (χ0) is 15.1. The molecule has 0 spiro atoms. The molecule has 3 aromatic rings. The number of H-pyrrole nitrogens is 2. The Hall–Kier alpha value is -2.77. The molecule has 0 aliphatic carbocycles. The van der Waals surface area contributed by atoms with Crippen LogP contribution in [-0.4, -0.2) is 19.5 Å². The maximum atomic E-state index is 13.8. The van der Waals surface area contributed by atoms with Gasteiger partial charge in [0, 0.05) is 6.54 Å². The second-order valence-electron chi connectivity index (χ2n) is 4.39. The largest absolute Gasteiger partial charge is 0.332 e. The number of fused-ring (bicyclic) bond motifs is 1. The molecule has 1 aromatic carbocycles. The van der Waals surface area contributed by atoms with Crippen LogP contribution < -0.4 is 11.2 Å². The van der Waals surface area contributed by atoms with Gasteiger partial charge in [-0.3, -0.25) is 14.3 Å². The lowest BCUT2D eigenvalue weighted by molar-refractivity contribution is 0.510. The summed E-state index contributed by atoms with van der Waals surface area (Å²) < 4.78 is 28.3. The van der Waals surface area contributed by atoms with Crippen molar-refractivity contribution in [1.29, 1.82) is 0 Å². The second kappa shape index (κ2) is 4.65. The average Bonchev–Trinajstić information content (AvgIpc) is 2.87. The summed E-state index contributed by atoms with van der Waals surface area (Å²) in [6.45, 7) is 1.98. The number of benzene rings is 1. The fourth-order valence-corrected chi connectivity index (χ4v) is 2.15. The Morgan fingerprint density at radius 2 is 2.00 bits per heavy atom. The Labute approximate surface area is 116 Å². The molecular formula is C13H10F2N4O2. The van der Waals surface area contributed by atoms with E-state index in [2.05, 4.69) is 15.0 Å². The minimum Gasteiger partial charge on any atom is -0.332 e. The van der Waals surface area contributed by atoms with Gasteiger partial charge < -0.3 is 4.98 Å². The Kier molecular flexibility index (Phi) is 2.93. The molecule has 0 aliphatic heterocycles. The molecule has 2 aromatic heterocycles. The van der Waals surface area contributed by atoms with E-state index in [9.17, 15) is 18.4 Å². The van der Waals surface area contributed by atoms with Gasteiger partial charge in [-0.2, -0.15) is 0 Å². The number of imidazole rings is 1. The predicted octanol–water partition coefficient (Wildman–Crippen LogP) is 1.38. The van der Waals surface area contributed by atoms with Crippen LogP contribution in [0.5, 0.6) is 0 Å². The molecule has 108 valence electrons. The highest BCUT2D eigenvalue weighted by atomic mass is 19.2. The van der Waals surface area contributed by atoms with Crippen LogP contribution in [0.25, 0.3) is 22.6 Å². The van der Waals surface area contributed by atoms with Gasteiger partial charge in [-0.1, -0.05) is 6.07 Å². The van der Waals surface area contributed by atoms with Gasteiger partial charge in [0.15, 0.2) is 17.3 Å². The molecule has 0 fully saturated rings. The molecule has 3 rings (SSSR count). The number of halogens is 2. The third-order valence-electron chi connectivity index (χ3n) is 3.16. The third-order valence-corrected chi connectivity index (χ3v) is 3.16. The van der Waals surface area contributed by atoms with Crippen LogP contribution in [0.2, 0.25) is 0 Å². The monoisotopic (exact) mass is 292 g/mol. The van der Waals surface area contributed by atoms with Crippen LogP contribution in [-0.2, 0) is 6.54 Å². The normalized spacial score (nSPS) is 11.2. The van der Waals surface area contributed by atoms with E-state index in [0.717, 1.165) is 6.07 Å². The number of aromatic nitrogens is 4. The topological polar surface area (TPSA) is 83.5 Å². The summed E-state index contributed by atoms with van der Waals surface area (Å²) in [6.07, 6.45) is 0. The fourth-order valence-electron chi connectivity index (χ4n) is 2.15. The Morgan fingerprint density at radius 1 is 1.24 bits per heavy atom. The van der Waals surface area contributed by atoms with Gasteiger partial charge in [0.2, 0.25) is 0 Å². The van der Waals surface area contributed by atoms with E-state index in [1.54, 1.807) is 6.92 Å². The molecule has 0 unspecified atom stereocenters. The van der Waals surface area contributed by atoms with Crippen LogP contribution in [0.4, 0.5) is 8.78 Å². The lowest BCUT2D eigenvalue weighted by Gasteiger charge is -2.00. The maximum absolute atomic E-state index is 13.8. The first-order valence-electron chi connectivity index (χ1n) is 6.20. The summed E-state index contributed by atoms with van der Waals surface area (Å²) in [4.78, 5) is 32.3. The number of rotatable bonds is 2. The van der Waals surface area contributed by atoms with E-state index in [-0.39, 0.29) is 29.1 Å². The molecule has 0 radical (unpaired) electrons. The predicted molar refractivity (Wildman–Crippen MR) is 72.0 cm³/mol. The standard InChI is InChI=1S/C13H10F2N4O2/c1-2-19-11-9(12(20)18-13(19)21)16-10(17-11)6-4-3-5-7(14)8(6)15/h3-5H,2H2,1H3,(H,16,17)(H,18,20,21). The number of hydrogen-bond acceptors (Lipinski definition) is 3. The molecule has 0 atom stereocenters. The average molecular weight is 292 g/mol. The molecule has 0 aliphatic rings. The number of nitrogens with one attached hydrogen (secondary N) is 2. The van der Waals surface area contributed by atoms with Crippen molar-refractivity contribution in [2.75, 3.05) is 0 Å². The molecule has 2 N–H and O–H groups in total. The number of aromatic amines is 2. The highest BCUT2D eigenvalue weighted by Crippen LogP contribution is 2.23. The highest BCUT2D eigenvalue weighted by molar-refractivity contribution is 5.75. The molecule has 2 heterocycles. The van der Waals surface area contributed by atoms with Crippen molar-refractivity contribution < 1.29 is 8.78 Å². The quantitative estimate of drug-likeness (QED) is 0.748. The Balaban J connectivity index is 2.37. The van der Waals surface area contributed by atoms with Crippen molar-refractivity contribution in [3.05, 3.63) is 50.7 Å². The summed E-state index contributed by atoms with van der Waals surface area (Å²) in [5.74, 6) is -2.10. The van der Waals surface area contributed by atoms with E-state index in [4.69, 9.17) is 0 Å². The second-order valence-corrected chi connectivity index (χ2v) is 4.39. The summed E-state index contributed by atoms with van der Waals surface area (Å²) in [6, 6.07) is 3.65. The molecule has 21 heavy (non-hydrogen) atoms. The lowest BCUT2D eigenvalue weighted by Crippen LogP contribution is -2.29. The first-order valence-corrected chi connectivity index (χ1v) is 6.20. The van der Waals surface area contributed by atoms with Crippen LogP contribution >= 0.6 is 0 Å². The van der Waals surface area contributed by atoms with Crippen LogP contribution in [0.3, 0.4) is 0 Å². The summed E-state index contributed by atoms with van der Waals surface area (Å²) in [5, 5.41) is 0. The smallest absolute Gasteiger partial charge is 0.330 e.